The van der Waals surface area contributed by atoms with Crippen molar-refractivity contribution in [3.8, 4) is 5.75 Å². The average Bonchev–Trinajstić information content (AvgIpc) is 2.62. The third-order valence-electron chi connectivity index (χ3n) is 4.32. The predicted molar refractivity (Wildman–Crippen MR) is 91.7 cm³/mol. The molecule has 0 bridgehead atoms. The minimum absolute atomic E-state index is 0.0272. The van der Waals surface area contributed by atoms with Crippen molar-refractivity contribution in [3.63, 3.8) is 0 Å². The zero-order valence-electron chi connectivity index (χ0n) is 13.8. The largest absolute Gasteiger partial charge is 0.497 e. The van der Waals surface area contributed by atoms with Crippen LogP contribution in [0.1, 0.15) is 29.8 Å². The molecule has 0 radical (unpaired) electrons. The molecule has 0 atom stereocenters. The number of hydrogen-bond acceptors (Lipinski definition) is 5. The number of carbonyl (C=O) groups excluding carboxylic acids is 1. The molecule has 3 rings (SSSR count). The van der Waals surface area contributed by atoms with Crippen molar-refractivity contribution in [1.29, 1.82) is 0 Å². The summed E-state index contributed by atoms with van der Waals surface area (Å²) in [4.78, 5) is 26.7. The molecular weight excluding hydrogens is 308 g/mol. The van der Waals surface area contributed by atoms with Gasteiger partial charge in [0.15, 0.2) is 11.2 Å². The van der Waals surface area contributed by atoms with Gasteiger partial charge in [-0.15, -0.1) is 0 Å². The van der Waals surface area contributed by atoms with E-state index in [1.807, 2.05) is 0 Å². The molecule has 6 heteroatoms. The summed E-state index contributed by atoms with van der Waals surface area (Å²) in [6.45, 7) is 3.53. The van der Waals surface area contributed by atoms with E-state index in [1.165, 1.54) is 32.4 Å². The molecular formula is C18H22N2O4. The zero-order valence-corrected chi connectivity index (χ0v) is 13.8. The van der Waals surface area contributed by atoms with Crippen molar-refractivity contribution >= 4 is 16.9 Å². The molecule has 1 fully saturated rings. The lowest BCUT2D eigenvalue weighted by atomic mass is 10.1. The Balaban J connectivity index is 1.68. The fraction of sp³-hybridized carbons (Fsp3) is 0.444. The van der Waals surface area contributed by atoms with Crippen molar-refractivity contribution < 1.29 is 13.9 Å². The monoisotopic (exact) mass is 330 g/mol. The van der Waals surface area contributed by atoms with Gasteiger partial charge >= 0.3 is 0 Å². The second kappa shape index (κ2) is 7.49. The van der Waals surface area contributed by atoms with Gasteiger partial charge in [0.2, 0.25) is 0 Å². The Labute approximate surface area is 140 Å². The third-order valence-corrected chi connectivity index (χ3v) is 4.32. The standard InChI is InChI=1S/C18H22N2O4/c1-23-13-5-6-14-15(21)12-17(24-16(14)11-13)18(22)19-7-10-20-8-3-2-4-9-20/h5-6,11-12H,2-4,7-10H2,1H3,(H,19,22). The van der Waals surface area contributed by atoms with Crippen LogP contribution in [0.5, 0.6) is 5.75 Å². The minimum Gasteiger partial charge on any atom is -0.497 e. The van der Waals surface area contributed by atoms with Crippen LogP contribution in [0.2, 0.25) is 0 Å². The molecule has 24 heavy (non-hydrogen) atoms. The van der Waals surface area contributed by atoms with E-state index in [0.717, 1.165) is 19.6 Å². The van der Waals surface area contributed by atoms with Crippen LogP contribution in [0.25, 0.3) is 11.0 Å². The second-order valence-electron chi connectivity index (χ2n) is 6.00. The summed E-state index contributed by atoms with van der Waals surface area (Å²) in [6, 6.07) is 6.18. The first-order valence-electron chi connectivity index (χ1n) is 8.30. The highest BCUT2D eigenvalue weighted by molar-refractivity contribution is 5.93. The quantitative estimate of drug-likeness (QED) is 0.908. The van der Waals surface area contributed by atoms with E-state index in [-0.39, 0.29) is 17.1 Å². The Morgan fingerprint density at radius 3 is 2.79 bits per heavy atom. The molecule has 1 aromatic carbocycles. The van der Waals surface area contributed by atoms with Crippen LogP contribution in [0.4, 0.5) is 0 Å². The number of fused-ring (bicyclic) bond motifs is 1. The number of rotatable bonds is 5. The number of amides is 1. The first-order valence-corrected chi connectivity index (χ1v) is 8.30. The van der Waals surface area contributed by atoms with Gasteiger partial charge < -0.3 is 19.4 Å². The smallest absolute Gasteiger partial charge is 0.287 e. The molecule has 2 heterocycles. The van der Waals surface area contributed by atoms with Crippen molar-refractivity contribution in [1.82, 2.24) is 10.2 Å². The van der Waals surface area contributed by atoms with Crippen molar-refractivity contribution in [3.05, 3.63) is 40.2 Å². The van der Waals surface area contributed by atoms with Gasteiger partial charge in [0, 0.05) is 25.2 Å². The average molecular weight is 330 g/mol. The first kappa shape index (κ1) is 16.5. The van der Waals surface area contributed by atoms with Gasteiger partial charge in [-0.05, 0) is 38.1 Å². The number of methoxy groups -OCH3 is 1. The highest BCUT2D eigenvalue weighted by Crippen LogP contribution is 2.19. The van der Waals surface area contributed by atoms with Gasteiger partial charge in [-0.2, -0.15) is 0 Å². The number of ether oxygens (including phenoxy) is 1. The van der Waals surface area contributed by atoms with Crippen LogP contribution in [0.15, 0.2) is 33.5 Å². The zero-order chi connectivity index (χ0) is 16.9. The summed E-state index contributed by atoms with van der Waals surface area (Å²) in [6.07, 6.45) is 3.72. The molecule has 1 aromatic heterocycles. The van der Waals surface area contributed by atoms with E-state index >= 15 is 0 Å². The fourth-order valence-electron chi connectivity index (χ4n) is 2.97. The van der Waals surface area contributed by atoms with Crippen molar-refractivity contribution in [2.24, 2.45) is 0 Å². The lowest BCUT2D eigenvalue weighted by Gasteiger charge is -2.26. The number of likely N-dealkylation sites (tertiary alicyclic amines) is 1. The SMILES string of the molecule is COc1ccc2c(=O)cc(C(=O)NCCN3CCCCC3)oc2c1. The Morgan fingerprint density at radius 2 is 2.04 bits per heavy atom. The van der Waals surface area contributed by atoms with E-state index in [4.69, 9.17) is 9.15 Å². The summed E-state index contributed by atoms with van der Waals surface area (Å²) in [5.41, 5.74) is 0.114. The molecule has 1 aliphatic rings. The first-order chi connectivity index (χ1) is 11.7. The molecule has 1 saturated heterocycles. The maximum atomic E-state index is 12.2. The highest BCUT2D eigenvalue weighted by Gasteiger charge is 2.14. The van der Waals surface area contributed by atoms with Crippen LogP contribution >= 0.6 is 0 Å². The lowest BCUT2D eigenvalue weighted by molar-refractivity contribution is 0.0919. The minimum atomic E-state index is -0.367. The van der Waals surface area contributed by atoms with Gasteiger partial charge in [0.25, 0.3) is 5.91 Å². The Bertz CT molecular complexity index is 778. The van der Waals surface area contributed by atoms with Gasteiger partial charge in [0.1, 0.15) is 11.3 Å². The number of benzene rings is 1. The number of piperidine rings is 1. The molecule has 0 spiro atoms. The maximum Gasteiger partial charge on any atom is 0.287 e. The van der Waals surface area contributed by atoms with E-state index in [0.29, 0.717) is 23.3 Å². The molecule has 6 nitrogen and oxygen atoms in total. The van der Waals surface area contributed by atoms with Gasteiger partial charge in [-0.1, -0.05) is 6.42 Å². The topological polar surface area (TPSA) is 71.8 Å². The predicted octanol–water partition coefficient (Wildman–Crippen LogP) is 2.02. The van der Waals surface area contributed by atoms with Crippen LogP contribution < -0.4 is 15.5 Å². The fourth-order valence-corrected chi connectivity index (χ4v) is 2.97. The Hall–Kier alpha value is -2.34. The summed E-state index contributed by atoms with van der Waals surface area (Å²) in [5, 5.41) is 3.25. The van der Waals surface area contributed by atoms with Crippen molar-refractivity contribution in [2.75, 3.05) is 33.3 Å². The van der Waals surface area contributed by atoms with Gasteiger partial charge in [0.05, 0.1) is 12.5 Å². The number of hydrogen-bond donors (Lipinski definition) is 1. The Kier molecular flexibility index (Phi) is 5.15. The molecule has 1 amide bonds. The summed E-state index contributed by atoms with van der Waals surface area (Å²) >= 11 is 0. The highest BCUT2D eigenvalue weighted by atomic mass is 16.5. The number of nitrogens with one attached hydrogen (secondary N) is 1. The van der Waals surface area contributed by atoms with E-state index < -0.39 is 0 Å². The van der Waals surface area contributed by atoms with Crippen LogP contribution in [-0.4, -0.2) is 44.1 Å². The summed E-state index contributed by atoms with van der Waals surface area (Å²) in [7, 11) is 1.54. The summed E-state index contributed by atoms with van der Waals surface area (Å²) < 4.78 is 10.7. The normalized spacial score (nSPS) is 15.4. The van der Waals surface area contributed by atoms with Gasteiger partial charge in [-0.25, -0.2) is 0 Å². The lowest BCUT2D eigenvalue weighted by Crippen LogP contribution is -2.37. The second-order valence-corrected chi connectivity index (χ2v) is 6.00. The molecule has 0 aliphatic carbocycles. The van der Waals surface area contributed by atoms with E-state index in [1.54, 1.807) is 18.2 Å². The van der Waals surface area contributed by atoms with Crippen LogP contribution in [0.3, 0.4) is 0 Å². The van der Waals surface area contributed by atoms with Gasteiger partial charge in [-0.3, -0.25) is 9.59 Å². The molecule has 128 valence electrons. The molecule has 0 unspecified atom stereocenters. The van der Waals surface area contributed by atoms with Crippen LogP contribution in [0, 0.1) is 0 Å². The van der Waals surface area contributed by atoms with Crippen LogP contribution in [-0.2, 0) is 0 Å². The van der Waals surface area contributed by atoms with E-state index in [9.17, 15) is 9.59 Å². The number of carbonyl (C=O) groups is 1. The van der Waals surface area contributed by atoms with Crippen molar-refractivity contribution in [2.45, 2.75) is 19.3 Å². The molecule has 2 aromatic rings. The number of nitrogens with zero attached hydrogens (tertiary/aromatic N) is 1. The maximum absolute atomic E-state index is 12.2. The molecule has 0 saturated carbocycles. The molecule has 1 aliphatic heterocycles. The third kappa shape index (κ3) is 3.76. The summed E-state index contributed by atoms with van der Waals surface area (Å²) in [5.74, 6) is 0.238. The molecule has 1 N–H and O–H groups in total. The van der Waals surface area contributed by atoms with E-state index in [2.05, 4.69) is 10.2 Å². The Morgan fingerprint density at radius 1 is 1.25 bits per heavy atom.